The third-order valence-corrected chi connectivity index (χ3v) is 3.13. The number of carbonyl (C=O) groups excluding carboxylic acids is 1. The molecular weight excluding hydrogens is 242 g/mol. The van der Waals surface area contributed by atoms with Gasteiger partial charge < -0.3 is 14.8 Å². The number of hydrogen-bond acceptors (Lipinski definition) is 4. The summed E-state index contributed by atoms with van der Waals surface area (Å²) in [7, 11) is 3.03. The van der Waals surface area contributed by atoms with Gasteiger partial charge in [0.1, 0.15) is 6.04 Å². The van der Waals surface area contributed by atoms with Gasteiger partial charge in [0.2, 0.25) is 0 Å². The highest BCUT2D eigenvalue weighted by atomic mass is 16.5. The Labute approximate surface area is 115 Å². The van der Waals surface area contributed by atoms with Crippen molar-refractivity contribution in [2.45, 2.75) is 38.8 Å². The first kappa shape index (κ1) is 15.5. The second-order valence-electron chi connectivity index (χ2n) is 5.25. The van der Waals surface area contributed by atoms with Crippen LogP contribution in [0.3, 0.4) is 0 Å². The molecule has 1 aromatic carbocycles. The Kier molecular flexibility index (Phi) is 5.36. The van der Waals surface area contributed by atoms with E-state index in [1.807, 2.05) is 45.0 Å². The highest BCUT2D eigenvalue weighted by Crippen LogP contribution is 2.20. The van der Waals surface area contributed by atoms with E-state index in [-0.39, 0.29) is 5.97 Å². The average Bonchev–Trinajstić information content (AvgIpc) is 2.39. The van der Waals surface area contributed by atoms with Crippen LogP contribution in [-0.2, 0) is 14.3 Å². The van der Waals surface area contributed by atoms with E-state index in [9.17, 15) is 4.79 Å². The van der Waals surface area contributed by atoms with Gasteiger partial charge in [-0.3, -0.25) is 0 Å². The number of benzene rings is 1. The lowest BCUT2D eigenvalue weighted by Crippen LogP contribution is -2.39. The van der Waals surface area contributed by atoms with Crippen LogP contribution in [0.1, 0.15) is 25.8 Å². The first-order valence-corrected chi connectivity index (χ1v) is 6.34. The molecular formula is C15H23NO3. The Bertz CT molecular complexity index is 412. The summed E-state index contributed by atoms with van der Waals surface area (Å²) in [6.45, 7) is 5.91. The van der Waals surface area contributed by atoms with Crippen molar-refractivity contribution < 1.29 is 14.3 Å². The third-order valence-electron chi connectivity index (χ3n) is 3.13. The fourth-order valence-corrected chi connectivity index (χ4v) is 1.76. The van der Waals surface area contributed by atoms with Gasteiger partial charge in [-0.15, -0.1) is 0 Å². The van der Waals surface area contributed by atoms with Crippen LogP contribution in [0.5, 0.6) is 0 Å². The topological polar surface area (TPSA) is 47.6 Å². The smallest absolute Gasteiger partial charge is 0.328 e. The van der Waals surface area contributed by atoms with Crippen LogP contribution in [0.15, 0.2) is 24.3 Å². The van der Waals surface area contributed by atoms with Crippen molar-refractivity contribution in [1.29, 1.82) is 0 Å². The maximum absolute atomic E-state index is 11.8. The SMILES string of the molecule is COC(=O)C(CC(C)(C)OC)Nc1ccc(C)cc1. The van der Waals surface area contributed by atoms with E-state index in [0.29, 0.717) is 6.42 Å². The van der Waals surface area contributed by atoms with Crippen LogP contribution in [0.25, 0.3) is 0 Å². The summed E-state index contributed by atoms with van der Waals surface area (Å²) in [5.74, 6) is -0.286. The second-order valence-corrected chi connectivity index (χ2v) is 5.25. The monoisotopic (exact) mass is 265 g/mol. The number of esters is 1. The minimum atomic E-state index is -0.428. The molecule has 1 unspecified atom stereocenters. The molecule has 1 aromatic rings. The van der Waals surface area contributed by atoms with Gasteiger partial charge in [-0.1, -0.05) is 17.7 Å². The van der Waals surface area contributed by atoms with Crippen molar-refractivity contribution in [2.24, 2.45) is 0 Å². The Morgan fingerprint density at radius 2 is 1.84 bits per heavy atom. The van der Waals surface area contributed by atoms with Crippen molar-refractivity contribution in [3.63, 3.8) is 0 Å². The first-order chi connectivity index (χ1) is 8.88. The molecule has 0 aliphatic rings. The summed E-state index contributed by atoms with van der Waals surface area (Å²) in [5.41, 5.74) is 1.68. The molecule has 0 bridgehead atoms. The number of rotatable bonds is 6. The fraction of sp³-hybridized carbons (Fsp3) is 0.533. The zero-order valence-corrected chi connectivity index (χ0v) is 12.3. The average molecular weight is 265 g/mol. The number of methoxy groups -OCH3 is 2. The third kappa shape index (κ3) is 4.91. The van der Waals surface area contributed by atoms with Crippen molar-refractivity contribution in [3.8, 4) is 0 Å². The maximum atomic E-state index is 11.8. The molecule has 0 saturated carbocycles. The minimum absolute atomic E-state index is 0.286. The summed E-state index contributed by atoms with van der Waals surface area (Å²) >= 11 is 0. The number of ether oxygens (including phenoxy) is 2. The van der Waals surface area contributed by atoms with Crippen LogP contribution in [0.4, 0.5) is 5.69 Å². The van der Waals surface area contributed by atoms with Gasteiger partial charge >= 0.3 is 5.97 Å². The summed E-state index contributed by atoms with van der Waals surface area (Å²) < 4.78 is 10.2. The summed E-state index contributed by atoms with van der Waals surface area (Å²) in [4.78, 5) is 11.8. The number of anilines is 1. The molecule has 0 heterocycles. The molecule has 0 radical (unpaired) electrons. The Morgan fingerprint density at radius 3 is 2.32 bits per heavy atom. The van der Waals surface area contributed by atoms with Gasteiger partial charge in [-0.05, 0) is 32.9 Å². The van der Waals surface area contributed by atoms with E-state index in [2.05, 4.69) is 5.32 Å². The quantitative estimate of drug-likeness (QED) is 0.803. The van der Waals surface area contributed by atoms with Crippen LogP contribution < -0.4 is 5.32 Å². The molecule has 0 aliphatic heterocycles. The molecule has 0 aliphatic carbocycles. The first-order valence-electron chi connectivity index (χ1n) is 6.34. The van der Waals surface area contributed by atoms with Crippen molar-refractivity contribution in [1.82, 2.24) is 0 Å². The molecule has 4 nitrogen and oxygen atoms in total. The highest BCUT2D eigenvalue weighted by molar-refractivity contribution is 5.79. The maximum Gasteiger partial charge on any atom is 0.328 e. The van der Waals surface area contributed by atoms with Crippen molar-refractivity contribution in [2.75, 3.05) is 19.5 Å². The second kappa shape index (κ2) is 6.57. The highest BCUT2D eigenvalue weighted by Gasteiger charge is 2.28. The molecule has 1 atom stereocenters. The van der Waals surface area contributed by atoms with Gasteiger partial charge in [0.15, 0.2) is 0 Å². The molecule has 19 heavy (non-hydrogen) atoms. The van der Waals surface area contributed by atoms with Crippen LogP contribution >= 0.6 is 0 Å². The summed E-state index contributed by atoms with van der Waals surface area (Å²) in [5, 5.41) is 3.19. The lowest BCUT2D eigenvalue weighted by molar-refractivity contribution is -0.143. The standard InChI is InChI=1S/C15H23NO3/c1-11-6-8-12(9-7-11)16-13(14(17)18-4)10-15(2,3)19-5/h6-9,13,16H,10H2,1-5H3. The molecule has 1 rings (SSSR count). The Hall–Kier alpha value is -1.55. The predicted octanol–water partition coefficient (Wildman–Crippen LogP) is 2.76. The van der Waals surface area contributed by atoms with E-state index >= 15 is 0 Å². The molecule has 0 spiro atoms. The summed E-state index contributed by atoms with van der Waals surface area (Å²) in [6, 6.07) is 7.47. The van der Waals surface area contributed by atoms with Crippen LogP contribution in [-0.4, -0.2) is 31.8 Å². The van der Waals surface area contributed by atoms with Gasteiger partial charge in [0, 0.05) is 19.2 Å². The van der Waals surface area contributed by atoms with Gasteiger partial charge in [-0.2, -0.15) is 0 Å². The van der Waals surface area contributed by atoms with Crippen LogP contribution in [0, 0.1) is 6.92 Å². The largest absolute Gasteiger partial charge is 0.467 e. The number of carbonyl (C=O) groups is 1. The molecule has 1 N–H and O–H groups in total. The van der Waals surface area contributed by atoms with Gasteiger partial charge in [-0.25, -0.2) is 4.79 Å². The fourth-order valence-electron chi connectivity index (χ4n) is 1.76. The lowest BCUT2D eigenvalue weighted by Gasteiger charge is -2.28. The van der Waals surface area contributed by atoms with Crippen molar-refractivity contribution in [3.05, 3.63) is 29.8 Å². The van der Waals surface area contributed by atoms with E-state index in [1.165, 1.54) is 12.7 Å². The summed E-state index contributed by atoms with van der Waals surface area (Å²) in [6.07, 6.45) is 0.532. The van der Waals surface area contributed by atoms with E-state index in [0.717, 1.165) is 5.69 Å². The zero-order chi connectivity index (χ0) is 14.5. The zero-order valence-electron chi connectivity index (χ0n) is 12.3. The minimum Gasteiger partial charge on any atom is -0.467 e. The molecule has 0 fully saturated rings. The Morgan fingerprint density at radius 1 is 1.26 bits per heavy atom. The van der Waals surface area contributed by atoms with Gasteiger partial charge in [0.05, 0.1) is 12.7 Å². The molecule has 106 valence electrons. The molecule has 0 aromatic heterocycles. The number of aryl methyl sites for hydroxylation is 1. The molecule has 0 saturated heterocycles. The molecule has 4 heteroatoms. The number of hydrogen-bond donors (Lipinski definition) is 1. The van der Waals surface area contributed by atoms with E-state index in [4.69, 9.17) is 9.47 Å². The van der Waals surface area contributed by atoms with Crippen molar-refractivity contribution >= 4 is 11.7 Å². The van der Waals surface area contributed by atoms with Crippen LogP contribution in [0.2, 0.25) is 0 Å². The predicted molar refractivity (Wildman–Crippen MR) is 76.3 cm³/mol. The number of nitrogens with one attached hydrogen (secondary N) is 1. The van der Waals surface area contributed by atoms with E-state index in [1.54, 1.807) is 7.11 Å². The van der Waals surface area contributed by atoms with Gasteiger partial charge in [0.25, 0.3) is 0 Å². The molecule has 0 amide bonds. The van der Waals surface area contributed by atoms with E-state index < -0.39 is 11.6 Å². The normalized spacial score (nSPS) is 12.9. The lowest BCUT2D eigenvalue weighted by atomic mass is 9.98. The Balaban J connectivity index is 2.80.